The summed E-state index contributed by atoms with van der Waals surface area (Å²) in [5.41, 5.74) is 1.99. The molecule has 10 rings (SSSR count). The molecule has 0 unspecified atom stereocenters. The second-order valence-electron chi connectivity index (χ2n) is 15.4. The van der Waals surface area contributed by atoms with Crippen LogP contribution in [0, 0.1) is 0 Å². The summed E-state index contributed by atoms with van der Waals surface area (Å²) in [6.45, 7) is 10.9. The van der Waals surface area contributed by atoms with Gasteiger partial charge in [-0.1, -0.05) is 24.3 Å². The van der Waals surface area contributed by atoms with E-state index in [9.17, 15) is 20.4 Å². The molecule has 4 bridgehead atoms. The minimum Gasteiger partial charge on any atom is -0.504 e. The lowest BCUT2D eigenvalue weighted by Crippen LogP contribution is -2.76. The van der Waals surface area contributed by atoms with Gasteiger partial charge in [-0.3, -0.25) is 9.80 Å². The smallest absolute Gasteiger partial charge is 0.166 e. The third kappa shape index (κ3) is 3.15. The van der Waals surface area contributed by atoms with Gasteiger partial charge < -0.3 is 29.9 Å². The molecule has 2 spiro atoms. The van der Waals surface area contributed by atoms with Crippen LogP contribution in [0.25, 0.3) is 0 Å². The standard InChI is InChI=1S/C38H42N4O6/c1-3-15-41-17-13-35-29-21-5-7-25(43)31(29)47-33(35)23(9-11-37(35,45)27(41)19-21)39-40-24-10-12-38(46)28-20-22-6-8-26(44)32-30(22)36(38,34(24)48-32)14-18-42(28)16-4-2/h3-8,27-28,33-34,43-46H,1-2,9-20H2/b39-23-,40-24-/t27-,28-,33-,34+,35-,36+,37-,38+/m1/s1. The van der Waals surface area contributed by atoms with Crippen molar-refractivity contribution in [2.24, 2.45) is 10.2 Å². The van der Waals surface area contributed by atoms with E-state index in [-0.39, 0.29) is 23.6 Å². The first kappa shape index (κ1) is 29.2. The Morgan fingerprint density at radius 2 is 1.15 bits per heavy atom. The maximum absolute atomic E-state index is 12.7. The fourth-order valence-electron chi connectivity index (χ4n) is 12.0. The molecular formula is C38H42N4O6. The molecule has 4 fully saturated rings. The van der Waals surface area contributed by atoms with Crippen molar-refractivity contribution in [3.8, 4) is 23.0 Å². The van der Waals surface area contributed by atoms with Gasteiger partial charge in [0, 0.05) is 49.4 Å². The molecule has 8 atom stereocenters. The van der Waals surface area contributed by atoms with E-state index >= 15 is 0 Å². The number of likely N-dealkylation sites (tertiary alicyclic amines) is 2. The summed E-state index contributed by atoms with van der Waals surface area (Å²) in [5.74, 6) is 1.11. The monoisotopic (exact) mass is 650 g/mol. The Bertz CT molecular complexity index is 1740. The van der Waals surface area contributed by atoms with E-state index in [1.807, 2.05) is 24.3 Å². The number of ether oxygens (including phenoxy) is 2. The molecule has 0 aromatic heterocycles. The molecule has 2 saturated carbocycles. The van der Waals surface area contributed by atoms with Crippen molar-refractivity contribution in [1.29, 1.82) is 0 Å². The van der Waals surface area contributed by atoms with Gasteiger partial charge >= 0.3 is 0 Å². The van der Waals surface area contributed by atoms with Crippen LogP contribution in [-0.4, -0.2) is 103 Å². The zero-order valence-corrected chi connectivity index (χ0v) is 27.1. The third-order valence-corrected chi connectivity index (χ3v) is 13.8. The molecule has 250 valence electrons. The summed E-state index contributed by atoms with van der Waals surface area (Å²) in [6, 6.07) is 7.18. The number of phenolic OH excluding ortho intramolecular Hbond substituents is 2. The summed E-state index contributed by atoms with van der Waals surface area (Å²) < 4.78 is 13.3. The van der Waals surface area contributed by atoms with Crippen molar-refractivity contribution in [3.63, 3.8) is 0 Å². The maximum Gasteiger partial charge on any atom is 0.166 e. The SMILES string of the molecule is C=CCN1CC[C@@]23c4c5ccc(O)c4O[C@@H]2/C(=N\N=C2\CC[C@]4(O)[C@H]6Cc7ccc(O)c8c7[C@@]4(CCN6CC=C)[C@H]2O8)CC[C@@]3(O)[C@H]1C5. The van der Waals surface area contributed by atoms with E-state index < -0.39 is 34.2 Å². The molecule has 8 aliphatic rings. The van der Waals surface area contributed by atoms with Gasteiger partial charge in [0.25, 0.3) is 0 Å². The van der Waals surface area contributed by atoms with Gasteiger partial charge in [-0.25, -0.2) is 0 Å². The Morgan fingerprint density at radius 3 is 1.56 bits per heavy atom. The minimum absolute atomic E-state index is 0.0885. The van der Waals surface area contributed by atoms with Gasteiger partial charge in [-0.15, -0.1) is 13.2 Å². The molecule has 0 radical (unpaired) electrons. The number of aliphatic hydroxyl groups is 2. The van der Waals surface area contributed by atoms with Crippen molar-refractivity contribution in [2.75, 3.05) is 26.2 Å². The highest BCUT2D eigenvalue weighted by Gasteiger charge is 2.74. The highest BCUT2D eigenvalue weighted by Crippen LogP contribution is 2.66. The van der Waals surface area contributed by atoms with Crippen molar-refractivity contribution >= 4 is 11.4 Å². The van der Waals surface area contributed by atoms with E-state index in [0.29, 0.717) is 76.0 Å². The molecule has 10 nitrogen and oxygen atoms in total. The van der Waals surface area contributed by atoms with Crippen LogP contribution in [0.2, 0.25) is 0 Å². The fourth-order valence-corrected chi connectivity index (χ4v) is 12.0. The van der Waals surface area contributed by atoms with Crippen LogP contribution in [-0.2, 0) is 23.7 Å². The van der Waals surface area contributed by atoms with Gasteiger partial charge in [0.1, 0.15) is 0 Å². The summed E-state index contributed by atoms with van der Waals surface area (Å²) in [5, 5.41) is 57.4. The van der Waals surface area contributed by atoms with E-state index in [1.165, 1.54) is 0 Å². The van der Waals surface area contributed by atoms with Crippen molar-refractivity contribution in [2.45, 2.75) is 97.7 Å². The van der Waals surface area contributed by atoms with Crippen LogP contribution in [0.5, 0.6) is 23.0 Å². The summed E-state index contributed by atoms with van der Waals surface area (Å²) >= 11 is 0. The number of hydrogen-bond acceptors (Lipinski definition) is 10. The summed E-state index contributed by atoms with van der Waals surface area (Å²) in [4.78, 5) is 4.68. The number of rotatable bonds is 5. The number of phenols is 2. The summed E-state index contributed by atoms with van der Waals surface area (Å²) in [6.07, 6.45) is 7.42. The first-order valence-corrected chi connectivity index (χ1v) is 17.5. The maximum atomic E-state index is 12.7. The normalized spacial score (nSPS) is 41.4. The highest BCUT2D eigenvalue weighted by molar-refractivity contribution is 5.97. The lowest BCUT2D eigenvalue weighted by Gasteiger charge is -2.63. The van der Waals surface area contributed by atoms with E-state index in [0.717, 1.165) is 46.8 Å². The number of hydrogen-bond donors (Lipinski definition) is 4. The quantitative estimate of drug-likeness (QED) is 0.287. The lowest BCUT2D eigenvalue weighted by molar-refractivity contribution is -0.164. The van der Waals surface area contributed by atoms with Crippen LogP contribution in [0.1, 0.15) is 60.8 Å². The van der Waals surface area contributed by atoms with Crippen LogP contribution < -0.4 is 9.47 Å². The van der Waals surface area contributed by atoms with Gasteiger partial charge in [0.15, 0.2) is 35.2 Å². The number of benzene rings is 2. The predicted octanol–water partition coefficient (Wildman–Crippen LogP) is 3.28. The van der Waals surface area contributed by atoms with Gasteiger partial charge in [-0.2, -0.15) is 10.2 Å². The summed E-state index contributed by atoms with van der Waals surface area (Å²) in [7, 11) is 0. The fraction of sp³-hybridized carbons (Fsp3) is 0.526. The zero-order chi connectivity index (χ0) is 32.8. The Hall–Kier alpha value is -3.70. The first-order chi connectivity index (χ1) is 23.2. The topological polar surface area (TPSA) is 131 Å². The van der Waals surface area contributed by atoms with Crippen LogP contribution in [0.15, 0.2) is 59.8 Å². The van der Waals surface area contributed by atoms with Crippen molar-refractivity contribution in [3.05, 3.63) is 71.8 Å². The lowest BCUT2D eigenvalue weighted by atomic mass is 9.48. The molecule has 2 aromatic rings. The first-order valence-electron chi connectivity index (χ1n) is 17.5. The molecule has 10 heteroatoms. The molecule has 4 aliphatic carbocycles. The molecule has 4 aliphatic heterocycles. The van der Waals surface area contributed by atoms with Crippen LogP contribution in [0.3, 0.4) is 0 Å². The van der Waals surface area contributed by atoms with E-state index in [1.54, 1.807) is 12.1 Å². The third-order valence-electron chi connectivity index (χ3n) is 13.8. The van der Waals surface area contributed by atoms with Crippen LogP contribution in [0.4, 0.5) is 0 Å². The minimum atomic E-state index is -1.06. The van der Waals surface area contributed by atoms with Gasteiger partial charge in [0.05, 0.1) is 33.5 Å². The molecule has 2 aromatic carbocycles. The second-order valence-corrected chi connectivity index (χ2v) is 15.4. The van der Waals surface area contributed by atoms with Crippen molar-refractivity contribution < 1.29 is 29.9 Å². The number of piperidine rings is 2. The molecular weight excluding hydrogens is 608 g/mol. The van der Waals surface area contributed by atoms with Gasteiger partial charge in [0.2, 0.25) is 0 Å². The zero-order valence-electron chi connectivity index (χ0n) is 27.1. The van der Waals surface area contributed by atoms with E-state index in [4.69, 9.17) is 19.7 Å². The van der Waals surface area contributed by atoms with Crippen LogP contribution >= 0.6 is 0 Å². The highest BCUT2D eigenvalue weighted by atomic mass is 16.5. The van der Waals surface area contributed by atoms with E-state index in [2.05, 4.69) is 23.0 Å². The molecule has 0 amide bonds. The molecule has 4 N–H and O–H groups in total. The van der Waals surface area contributed by atoms with Crippen molar-refractivity contribution in [1.82, 2.24) is 9.80 Å². The average Bonchev–Trinajstić information content (AvgIpc) is 3.61. The Labute approximate surface area is 279 Å². The number of nitrogens with zero attached hydrogens (tertiary/aromatic N) is 4. The Balaban J connectivity index is 1.08. The largest absolute Gasteiger partial charge is 0.504 e. The average molecular weight is 651 g/mol. The predicted molar refractivity (Wildman–Crippen MR) is 179 cm³/mol. The molecule has 48 heavy (non-hydrogen) atoms. The Morgan fingerprint density at radius 1 is 0.708 bits per heavy atom. The molecule has 2 saturated heterocycles. The number of aromatic hydroxyl groups is 2. The Kier molecular flexibility index (Phi) is 5.79. The second kappa shape index (κ2) is 9.50. The van der Waals surface area contributed by atoms with Gasteiger partial charge in [-0.05, 0) is 74.6 Å². The molecule has 4 heterocycles.